The van der Waals surface area contributed by atoms with Gasteiger partial charge in [-0.25, -0.2) is 4.79 Å². The molecule has 3 aromatic rings. The number of fused-ring (bicyclic) bond motifs is 1. The molecule has 0 amide bonds. The Labute approximate surface area is 155 Å². The van der Waals surface area contributed by atoms with E-state index in [4.69, 9.17) is 9.15 Å². The zero-order chi connectivity index (χ0) is 19.7. The molecule has 2 aromatic carbocycles. The fourth-order valence-electron chi connectivity index (χ4n) is 2.75. The number of ketones is 1. The van der Waals surface area contributed by atoms with Gasteiger partial charge in [0, 0.05) is 5.56 Å². The number of phenolic OH excluding ortho intramolecular Hbond substituents is 1. The molecule has 1 aromatic heterocycles. The van der Waals surface area contributed by atoms with E-state index in [2.05, 4.69) is 0 Å². The minimum absolute atomic E-state index is 0.134. The summed E-state index contributed by atoms with van der Waals surface area (Å²) < 4.78 is 10.2. The van der Waals surface area contributed by atoms with Crippen molar-refractivity contribution < 1.29 is 24.2 Å². The van der Waals surface area contributed by atoms with E-state index in [1.165, 1.54) is 13.2 Å². The Bertz CT molecular complexity index is 1140. The Morgan fingerprint density at radius 2 is 1.81 bits per heavy atom. The molecule has 0 aliphatic heterocycles. The molecule has 0 spiro atoms. The highest BCUT2D eigenvalue weighted by atomic mass is 16.5. The number of hydrogen-bond donors (Lipinski definition) is 2. The molecule has 0 aliphatic rings. The summed E-state index contributed by atoms with van der Waals surface area (Å²) in [5.41, 5.74) is 0.960. The number of rotatable bonds is 4. The van der Waals surface area contributed by atoms with Crippen LogP contribution in [0.3, 0.4) is 0 Å². The van der Waals surface area contributed by atoms with Crippen molar-refractivity contribution in [3.8, 4) is 17.2 Å². The van der Waals surface area contributed by atoms with Crippen molar-refractivity contribution in [1.82, 2.24) is 0 Å². The average Bonchev–Trinajstić information content (AvgIpc) is 2.63. The molecule has 0 fully saturated rings. The lowest BCUT2D eigenvalue weighted by Crippen LogP contribution is -2.13. The van der Waals surface area contributed by atoms with Crippen molar-refractivity contribution in [2.24, 2.45) is 0 Å². The molecule has 0 bridgehead atoms. The van der Waals surface area contributed by atoms with Crippen LogP contribution in [0.25, 0.3) is 17.0 Å². The van der Waals surface area contributed by atoms with E-state index < -0.39 is 22.7 Å². The fourth-order valence-corrected chi connectivity index (χ4v) is 2.75. The molecule has 27 heavy (non-hydrogen) atoms. The molecule has 138 valence electrons. The van der Waals surface area contributed by atoms with Crippen LogP contribution < -0.4 is 10.4 Å². The van der Waals surface area contributed by atoms with Crippen LogP contribution in [-0.4, -0.2) is 23.1 Å². The van der Waals surface area contributed by atoms with E-state index >= 15 is 0 Å². The van der Waals surface area contributed by atoms with Crippen LogP contribution in [0.5, 0.6) is 17.2 Å². The van der Waals surface area contributed by atoms with Crippen molar-refractivity contribution in [1.29, 1.82) is 0 Å². The predicted octanol–water partition coefficient (Wildman–Crippen LogP) is 3.73. The summed E-state index contributed by atoms with van der Waals surface area (Å²) in [4.78, 5) is 24.7. The topological polar surface area (TPSA) is 97.0 Å². The lowest BCUT2D eigenvalue weighted by atomic mass is 10.0. The molecule has 0 saturated carbocycles. The summed E-state index contributed by atoms with van der Waals surface area (Å²) in [7, 11) is 1.41. The third kappa shape index (κ3) is 3.29. The van der Waals surface area contributed by atoms with Gasteiger partial charge in [-0.2, -0.15) is 0 Å². The number of aryl methyl sites for hydroxylation is 2. The van der Waals surface area contributed by atoms with E-state index in [9.17, 15) is 19.8 Å². The molecule has 0 unspecified atom stereocenters. The molecular formula is C21H18O6. The summed E-state index contributed by atoms with van der Waals surface area (Å²) in [6.07, 6.45) is 2.43. The summed E-state index contributed by atoms with van der Waals surface area (Å²) in [5.74, 6) is -1.04. The second kappa shape index (κ2) is 6.99. The highest BCUT2D eigenvalue weighted by molar-refractivity contribution is 6.10. The lowest BCUT2D eigenvalue weighted by Gasteiger charge is -2.07. The number of para-hydroxylation sites is 1. The molecule has 6 nitrogen and oxygen atoms in total. The standard InChI is InChI=1S/C21H18O6/c1-11-9-14-17(10-12(11)2)27-21(25)18(20(14)24)15(22)8-7-13-5-4-6-16(26-3)19(13)23/h4-10,23-24H,1-3H3/b8-7+. The number of phenols is 1. The minimum Gasteiger partial charge on any atom is -0.506 e. The van der Waals surface area contributed by atoms with E-state index in [-0.39, 0.29) is 17.1 Å². The van der Waals surface area contributed by atoms with Crippen LogP contribution in [0.2, 0.25) is 0 Å². The largest absolute Gasteiger partial charge is 0.506 e. The first-order valence-electron chi connectivity index (χ1n) is 8.19. The molecular weight excluding hydrogens is 348 g/mol. The van der Waals surface area contributed by atoms with Crippen molar-refractivity contribution in [3.63, 3.8) is 0 Å². The Balaban J connectivity index is 2.06. The number of carbonyl (C=O) groups is 1. The minimum atomic E-state index is -0.923. The van der Waals surface area contributed by atoms with Gasteiger partial charge in [0.1, 0.15) is 16.9 Å². The Morgan fingerprint density at radius 3 is 2.52 bits per heavy atom. The third-order valence-corrected chi connectivity index (χ3v) is 4.41. The fraction of sp³-hybridized carbons (Fsp3) is 0.143. The number of methoxy groups -OCH3 is 1. The molecule has 0 saturated heterocycles. The number of carbonyl (C=O) groups excluding carboxylic acids is 1. The van der Waals surface area contributed by atoms with Crippen molar-refractivity contribution in [2.75, 3.05) is 7.11 Å². The van der Waals surface area contributed by atoms with Crippen molar-refractivity contribution in [2.45, 2.75) is 13.8 Å². The van der Waals surface area contributed by atoms with Gasteiger partial charge in [0.2, 0.25) is 0 Å². The van der Waals surface area contributed by atoms with Gasteiger partial charge in [-0.15, -0.1) is 0 Å². The molecule has 3 rings (SSSR count). The van der Waals surface area contributed by atoms with E-state index in [1.807, 2.05) is 13.8 Å². The number of hydrogen-bond acceptors (Lipinski definition) is 6. The maximum Gasteiger partial charge on any atom is 0.351 e. The molecule has 1 heterocycles. The van der Waals surface area contributed by atoms with Gasteiger partial charge in [0.15, 0.2) is 17.3 Å². The van der Waals surface area contributed by atoms with Crippen LogP contribution in [0.1, 0.15) is 27.0 Å². The number of ether oxygens (including phenoxy) is 1. The normalized spacial score (nSPS) is 11.2. The zero-order valence-corrected chi connectivity index (χ0v) is 15.1. The van der Waals surface area contributed by atoms with Crippen LogP contribution in [0.4, 0.5) is 0 Å². The van der Waals surface area contributed by atoms with E-state index in [0.29, 0.717) is 10.9 Å². The van der Waals surface area contributed by atoms with E-state index in [0.717, 1.165) is 17.2 Å². The Kier molecular flexibility index (Phi) is 4.73. The summed E-state index contributed by atoms with van der Waals surface area (Å²) in [6.45, 7) is 3.71. The maximum atomic E-state index is 12.5. The van der Waals surface area contributed by atoms with Gasteiger partial charge in [0.25, 0.3) is 0 Å². The molecule has 0 radical (unpaired) electrons. The smallest absolute Gasteiger partial charge is 0.351 e. The SMILES string of the molecule is COc1cccc(/C=C/C(=O)c2c(O)c3cc(C)c(C)cc3oc2=O)c1O. The Hall–Kier alpha value is -3.54. The first-order chi connectivity index (χ1) is 12.8. The van der Waals surface area contributed by atoms with Gasteiger partial charge < -0.3 is 19.4 Å². The van der Waals surface area contributed by atoms with Gasteiger partial charge in [-0.1, -0.05) is 12.1 Å². The summed E-state index contributed by atoms with van der Waals surface area (Å²) in [6, 6.07) is 8.11. The second-order valence-electron chi connectivity index (χ2n) is 6.14. The lowest BCUT2D eigenvalue weighted by molar-refractivity contribution is 0.104. The maximum absolute atomic E-state index is 12.5. The van der Waals surface area contributed by atoms with Crippen molar-refractivity contribution in [3.05, 3.63) is 69.1 Å². The van der Waals surface area contributed by atoms with Gasteiger partial charge in [-0.05, 0) is 55.3 Å². The van der Waals surface area contributed by atoms with Crippen molar-refractivity contribution >= 4 is 22.8 Å². The van der Waals surface area contributed by atoms with Crippen LogP contribution in [0.15, 0.2) is 45.6 Å². The first-order valence-corrected chi connectivity index (χ1v) is 8.19. The van der Waals surface area contributed by atoms with Crippen LogP contribution in [-0.2, 0) is 0 Å². The molecule has 2 N–H and O–H groups in total. The number of allylic oxidation sites excluding steroid dienone is 1. The monoisotopic (exact) mass is 366 g/mol. The highest BCUT2D eigenvalue weighted by Gasteiger charge is 2.20. The molecule has 6 heteroatoms. The number of aromatic hydroxyl groups is 2. The summed E-state index contributed by atoms with van der Waals surface area (Å²) >= 11 is 0. The van der Waals surface area contributed by atoms with Gasteiger partial charge in [0.05, 0.1) is 12.5 Å². The second-order valence-corrected chi connectivity index (χ2v) is 6.14. The van der Waals surface area contributed by atoms with Crippen LogP contribution >= 0.6 is 0 Å². The van der Waals surface area contributed by atoms with E-state index in [1.54, 1.807) is 30.3 Å². The first kappa shape index (κ1) is 18.3. The zero-order valence-electron chi connectivity index (χ0n) is 15.1. The quantitative estimate of drug-likeness (QED) is 0.415. The molecule has 0 atom stereocenters. The van der Waals surface area contributed by atoms with Gasteiger partial charge in [-0.3, -0.25) is 4.79 Å². The predicted molar refractivity (Wildman–Crippen MR) is 102 cm³/mol. The summed E-state index contributed by atoms with van der Waals surface area (Å²) in [5, 5.41) is 20.8. The molecule has 0 aliphatic carbocycles. The Morgan fingerprint density at radius 1 is 1.11 bits per heavy atom. The number of benzene rings is 2. The van der Waals surface area contributed by atoms with Crippen LogP contribution in [0, 0.1) is 13.8 Å². The average molecular weight is 366 g/mol. The third-order valence-electron chi connectivity index (χ3n) is 4.41. The van der Waals surface area contributed by atoms with Gasteiger partial charge >= 0.3 is 5.63 Å². The highest BCUT2D eigenvalue weighted by Crippen LogP contribution is 2.31.